The highest BCUT2D eigenvalue weighted by atomic mass is 32.1. The minimum atomic E-state index is -0.753. The van der Waals surface area contributed by atoms with Gasteiger partial charge in [-0.25, -0.2) is 0 Å². The first-order valence-electron chi connectivity index (χ1n) is 8.72. The van der Waals surface area contributed by atoms with E-state index in [1.165, 1.54) is 27.6 Å². The molecule has 0 fully saturated rings. The summed E-state index contributed by atoms with van der Waals surface area (Å²) >= 11 is 2.56. The molecule has 1 amide bonds. The third-order valence-electron chi connectivity index (χ3n) is 4.44. The molecule has 6 nitrogen and oxygen atoms in total. The second kappa shape index (κ2) is 7.29. The summed E-state index contributed by atoms with van der Waals surface area (Å²) in [7, 11) is 0. The normalized spacial score (nSPS) is 17.0. The van der Waals surface area contributed by atoms with Gasteiger partial charge in [-0.3, -0.25) is 14.5 Å². The van der Waals surface area contributed by atoms with E-state index in [-0.39, 0.29) is 17.3 Å². The summed E-state index contributed by atoms with van der Waals surface area (Å²) in [6.45, 7) is 3.98. The lowest BCUT2D eigenvalue weighted by Crippen LogP contribution is -2.30. The molecule has 3 heterocycles. The quantitative estimate of drug-likeness (QED) is 0.625. The standard InChI is InChI=1S/C20H17N3O3S2/c1-11(2)18-21-22-20(28-18)23-15(12-7-4-3-5-8-12)14(17(25)19(23)26)16(24)13-9-6-10-27-13/h3-11,15,25H,1-2H3/t15-/m1/s1. The van der Waals surface area contributed by atoms with E-state index >= 15 is 0 Å². The average molecular weight is 412 g/mol. The topological polar surface area (TPSA) is 83.4 Å². The molecule has 2 aromatic heterocycles. The first-order chi connectivity index (χ1) is 13.5. The first-order valence-corrected chi connectivity index (χ1v) is 10.4. The van der Waals surface area contributed by atoms with Gasteiger partial charge in [0.05, 0.1) is 16.5 Å². The van der Waals surface area contributed by atoms with Crippen LogP contribution in [0.2, 0.25) is 0 Å². The molecule has 0 radical (unpaired) electrons. The van der Waals surface area contributed by atoms with Gasteiger partial charge in [0.1, 0.15) is 5.01 Å². The molecule has 0 bridgehead atoms. The molecule has 0 saturated heterocycles. The number of aliphatic hydroxyl groups excluding tert-OH is 1. The van der Waals surface area contributed by atoms with Crippen molar-refractivity contribution in [2.75, 3.05) is 4.90 Å². The van der Waals surface area contributed by atoms with Crippen LogP contribution in [0.1, 0.15) is 46.0 Å². The predicted molar refractivity (Wildman–Crippen MR) is 109 cm³/mol. The van der Waals surface area contributed by atoms with Gasteiger partial charge in [-0.2, -0.15) is 0 Å². The van der Waals surface area contributed by atoms with Crippen LogP contribution in [0, 0.1) is 0 Å². The number of aromatic nitrogens is 2. The Morgan fingerprint density at radius 2 is 1.89 bits per heavy atom. The fourth-order valence-electron chi connectivity index (χ4n) is 3.08. The summed E-state index contributed by atoms with van der Waals surface area (Å²) < 4.78 is 0. The molecule has 1 aliphatic rings. The molecule has 8 heteroatoms. The van der Waals surface area contributed by atoms with Gasteiger partial charge in [-0.05, 0) is 17.0 Å². The molecule has 1 atom stereocenters. The smallest absolute Gasteiger partial charge is 0.296 e. The van der Waals surface area contributed by atoms with Gasteiger partial charge in [0.15, 0.2) is 5.76 Å². The fourth-order valence-corrected chi connectivity index (χ4v) is 4.63. The molecule has 0 spiro atoms. The van der Waals surface area contributed by atoms with Gasteiger partial charge in [-0.15, -0.1) is 21.5 Å². The van der Waals surface area contributed by atoms with Crippen molar-refractivity contribution in [2.24, 2.45) is 0 Å². The van der Waals surface area contributed by atoms with E-state index in [1.54, 1.807) is 17.5 Å². The number of thiophene rings is 1. The summed E-state index contributed by atoms with van der Waals surface area (Å²) in [5, 5.41) is 21.9. The lowest BCUT2D eigenvalue weighted by molar-refractivity contribution is -0.117. The van der Waals surface area contributed by atoms with Crippen molar-refractivity contribution in [2.45, 2.75) is 25.8 Å². The Morgan fingerprint density at radius 3 is 2.50 bits per heavy atom. The summed E-state index contributed by atoms with van der Waals surface area (Å²) in [6.07, 6.45) is 0. The molecule has 28 heavy (non-hydrogen) atoms. The number of ketones is 1. The summed E-state index contributed by atoms with van der Waals surface area (Å²) in [5.74, 6) is -1.37. The number of hydrogen-bond donors (Lipinski definition) is 1. The van der Waals surface area contributed by atoms with E-state index in [1.807, 2.05) is 44.2 Å². The van der Waals surface area contributed by atoms with E-state index in [0.717, 1.165) is 10.6 Å². The third-order valence-corrected chi connectivity index (χ3v) is 6.53. The predicted octanol–water partition coefficient (Wildman–Crippen LogP) is 4.51. The molecule has 1 aromatic carbocycles. The lowest BCUT2D eigenvalue weighted by atomic mass is 9.96. The fraction of sp³-hybridized carbons (Fsp3) is 0.200. The Bertz CT molecular complexity index is 1060. The zero-order valence-electron chi connectivity index (χ0n) is 15.2. The number of anilines is 1. The number of rotatable bonds is 5. The zero-order chi connectivity index (χ0) is 19.8. The maximum absolute atomic E-state index is 13.1. The SMILES string of the molecule is CC(C)c1nnc(N2C(=O)C(O)=C(C(=O)c3cccs3)[C@H]2c2ccccc2)s1. The molecule has 1 N–H and O–H groups in total. The van der Waals surface area contributed by atoms with Gasteiger partial charge in [0, 0.05) is 5.92 Å². The van der Waals surface area contributed by atoms with E-state index in [2.05, 4.69) is 10.2 Å². The van der Waals surface area contributed by atoms with Gasteiger partial charge in [-0.1, -0.05) is 61.6 Å². The van der Waals surface area contributed by atoms with Gasteiger partial charge >= 0.3 is 0 Å². The van der Waals surface area contributed by atoms with E-state index in [9.17, 15) is 14.7 Å². The van der Waals surface area contributed by atoms with Gasteiger partial charge < -0.3 is 5.11 Å². The molecular weight excluding hydrogens is 394 g/mol. The number of nitrogens with zero attached hydrogens (tertiary/aromatic N) is 3. The maximum atomic E-state index is 13.1. The molecule has 142 valence electrons. The molecular formula is C20H17N3O3S2. The number of benzene rings is 1. The van der Waals surface area contributed by atoms with E-state index < -0.39 is 17.7 Å². The first kappa shape index (κ1) is 18.5. The Balaban J connectivity index is 1.85. The second-order valence-electron chi connectivity index (χ2n) is 6.63. The number of hydrogen-bond acceptors (Lipinski definition) is 7. The van der Waals surface area contributed by atoms with Crippen molar-refractivity contribution in [3.05, 3.63) is 74.6 Å². The van der Waals surface area contributed by atoms with Crippen LogP contribution in [0.4, 0.5) is 5.13 Å². The number of aliphatic hydroxyl groups is 1. The van der Waals surface area contributed by atoms with Crippen LogP contribution in [0.25, 0.3) is 0 Å². The molecule has 0 aliphatic carbocycles. The number of amides is 1. The van der Waals surface area contributed by atoms with Crippen LogP contribution < -0.4 is 4.90 Å². The Labute approximate surface area is 169 Å². The van der Waals surface area contributed by atoms with Crippen molar-refractivity contribution in [3.63, 3.8) is 0 Å². The van der Waals surface area contributed by atoms with Crippen LogP contribution in [0.15, 0.2) is 59.2 Å². The minimum Gasteiger partial charge on any atom is -0.503 e. The van der Waals surface area contributed by atoms with Crippen molar-refractivity contribution < 1.29 is 14.7 Å². The second-order valence-corrected chi connectivity index (χ2v) is 8.57. The number of Topliss-reactive ketones (excluding diaryl/α,β-unsaturated/α-hetero) is 1. The van der Waals surface area contributed by atoms with Crippen molar-refractivity contribution >= 4 is 39.5 Å². The third kappa shape index (κ3) is 3.04. The van der Waals surface area contributed by atoms with Crippen LogP contribution >= 0.6 is 22.7 Å². The largest absolute Gasteiger partial charge is 0.503 e. The number of carbonyl (C=O) groups excluding carboxylic acids is 2. The molecule has 0 unspecified atom stereocenters. The highest BCUT2D eigenvalue weighted by Gasteiger charge is 2.46. The summed E-state index contributed by atoms with van der Waals surface area (Å²) in [4.78, 5) is 27.9. The molecule has 1 aliphatic heterocycles. The Hall–Kier alpha value is -2.84. The van der Waals surface area contributed by atoms with E-state index in [4.69, 9.17) is 0 Å². The van der Waals surface area contributed by atoms with E-state index in [0.29, 0.717) is 10.0 Å². The molecule has 0 saturated carbocycles. The van der Waals surface area contributed by atoms with Crippen LogP contribution in [0.5, 0.6) is 0 Å². The molecule has 3 aromatic rings. The van der Waals surface area contributed by atoms with Crippen LogP contribution in [0.3, 0.4) is 0 Å². The Kier molecular flexibility index (Phi) is 4.82. The Morgan fingerprint density at radius 1 is 1.14 bits per heavy atom. The monoisotopic (exact) mass is 411 g/mol. The van der Waals surface area contributed by atoms with Crippen molar-refractivity contribution in [1.82, 2.24) is 10.2 Å². The van der Waals surface area contributed by atoms with Crippen molar-refractivity contribution in [1.29, 1.82) is 0 Å². The van der Waals surface area contributed by atoms with Crippen LogP contribution in [-0.4, -0.2) is 27.0 Å². The number of carbonyl (C=O) groups is 2. The van der Waals surface area contributed by atoms with Crippen molar-refractivity contribution in [3.8, 4) is 0 Å². The molecule has 4 rings (SSSR count). The summed E-state index contributed by atoms with van der Waals surface area (Å²) in [6, 6.07) is 11.9. The zero-order valence-corrected chi connectivity index (χ0v) is 16.8. The highest BCUT2D eigenvalue weighted by molar-refractivity contribution is 7.15. The maximum Gasteiger partial charge on any atom is 0.296 e. The van der Waals surface area contributed by atoms with Crippen LogP contribution in [-0.2, 0) is 4.79 Å². The summed E-state index contributed by atoms with van der Waals surface area (Å²) in [5.41, 5.74) is 0.793. The lowest BCUT2D eigenvalue weighted by Gasteiger charge is -2.23. The van der Waals surface area contributed by atoms with Gasteiger partial charge in [0.25, 0.3) is 5.91 Å². The minimum absolute atomic E-state index is 0.0694. The highest BCUT2D eigenvalue weighted by Crippen LogP contribution is 2.43. The van der Waals surface area contributed by atoms with Gasteiger partial charge in [0.2, 0.25) is 10.9 Å². The average Bonchev–Trinajstić information content (AvgIpc) is 3.43.